The minimum Gasteiger partial charge on any atom is -0.328 e. The summed E-state index contributed by atoms with van der Waals surface area (Å²) in [6.07, 6.45) is 7.75. The van der Waals surface area contributed by atoms with Gasteiger partial charge in [0.2, 0.25) is 0 Å². The molecule has 4 nitrogen and oxygen atoms in total. The summed E-state index contributed by atoms with van der Waals surface area (Å²) in [5.74, 6) is 0.678. The Morgan fingerprint density at radius 3 is 2.79 bits per heavy atom. The average Bonchev–Trinajstić information content (AvgIpc) is 2.73. The maximum atomic E-state index is 6.00. The first-order valence-electron chi connectivity index (χ1n) is 6.60. The summed E-state index contributed by atoms with van der Waals surface area (Å²) in [5.41, 5.74) is 7.33. The van der Waals surface area contributed by atoms with Crippen molar-refractivity contribution in [3.8, 4) is 0 Å². The second kappa shape index (κ2) is 8.80. The highest BCUT2D eigenvalue weighted by Crippen LogP contribution is 2.18. The third kappa shape index (κ3) is 5.69. The van der Waals surface area contributed by atoms with Gasteiger partial charge in [-0.05, 0) is 44.2 Å². The van der Waals surface area contributed by atoms with E-state index in [1.807, 2.05) is 17.9 Å². The Balaban J connectivity index is 0.00000162. The topological polar surface area (TPSA) is 47.1 Å². The van der Waals surface area contributed by atoms with Gasteiger partial charge in [0.1, 0.15) is 0 Å². The molecule has 1 aromatic heterocycles. The molecule has 2 heterocycles. The Morgan fingerprint density at radius 2 is 2.21 bits per heavy atom. The quantitative estimate of drug-likeness (QED) is 0.923. The number of nitrogens with zero attached hydrogens (tertiary/aromatic N) is 3. The van der Waals surface area contributed by atoms with Gasteiger partial charge in [0.15, 0.2) is 0 Å². The first-order valence-corrected chi connectivity index (χ1v) is 6.60. The second-order valence-corrected chi connectivity index (χ2v) is 5.33. The molecule has 112 valence electrons. The fourth-order valence-electron chi connectivity index (χ4n) is 2.61. The first kappa shape index (κ1) is 18.7. The van der Waals surface area contributed by atoms with Crippen molar-refractivity contribution < 1.29 is 0 Å². The van der Waals surface area contributed by atoms with E-state index in [0.29, 0.717) is 12.0 Å². The number of piperidine rings is 1. The van der Waals surface area contributed by atoms with Gasteiger partial charge < -0.3 is 10.6 Å². The zero-order valence-corrected chi connectivity index (χ0v) is 13.4. The molecule has 1 aliphatic heterocycles. The summed E-state index contributed by atoms with van der Waals surface area (Å²) in [6, 6.07) is 0.330. The maximum absolute atomic E-state index is 6.00. The van der Waals surface area contributed by atoms with Crippen LogP contribution in [0.2, 0.25) is 0 Å². The van der Waals surface area contributed by atoms with E-state index in [1.165, 1.54) is 24.9 Å². The van der Waals surface area contributed by atoms with Gasteiger partial charge in [0, 0.05) is 32.4 Å². The van der Waals surface area contributed by atoms with Crippen molar-refractivity contribution >= 4 is 24.8 Å². The van der Waals surface area contributed by atoms with E-state index in [-0.39, 0.29) is 24.8 Å². The van der Waals surface area contributed by atoms with Gasteiger partial charge in [-0.1, -0.05) is 0 Å². The number of likely N-dealkylation sites (tertiary alicyclic amines) is 1. The molecule has 1 fully saturated rings. The fourth-order valence-corrected chi connectivity index (χ4v) is 2.61. The number of hydrogen-bond donors (Lipinski definition) is 1. The third-order valence-corrected chi connectivity index (χ3v) is 3.76. The van der Waals surface area contributed by atoms with Crippen LogP contribution in [0, 0.1) is 5.92 Å². The second-order valence-electron chi connectivity index (χ2n) is 5.33. The molecule has 1 aliphatic rings. The zero-order valence-electron chi connectivity index (χ0n) is 11.8. The molecule has 0 aromatic carbocycles. The van der Waals surface area contributed by atoms with Crippen LogP contribution < -0.4 is 5.73 Å². The third-order valence-electron chi connectivity index (χ3n) is 3.76. The van der Waals surface area contributed by atoms with Crippen molar-refractivity contribution in [1.29, 1.82) is 0 Å². The van der Waals surface area contributed by atoms with E-state index >= 15 is 0 Å². The van der Waals surface area contributed by atoms with E-state index in [2.05, 4.69) is 23.1 Å². The van der Waals surface area contributed by atoms with Crippen molar-refractivity contribution in [3.63, 3.8) is 0 Å². The molecule has 0 bridgehead atoms. The molecule has 1 aromatic rings. The summed E-state index contributed by atoms with van der Waals surface area (Å²) in [7, 11) is 1.97. The smallest absolute Gasteiger partial charge is 0.0522 e. The number of hydrogen-bond acceptors (Lipinski definition) is 3. The van der Waals surface area contributed by atoms with Crippen LogP contribution in [0.4, 0.5) is 0 Å². The highest BCUT2D eigenvalue weighted by molar-refractivity contribution is 5.85. The Morgan fingerprint density at radius 1 is 1.47 bits per heavy atom. The number of nitrogens with two attached hydrogens (primary N) is 1. The van der Waals surface area contributed by atoms with Gasteiger partial charge in [-0.15, -0.1) is 24.8 Å². The largest absolute Gasteiger partial charge is 0.328 e. The summed E-state index contributed by atoms with van der Waals surface area (Å²) >= 11 is 0. The minimum atomic E-state index is 0. The lowest BCUT2D eigenvalue weighted by atomic mass is 9.92. The van der Waals surface area contributed by atoms with Crippen LogP contribution in [0.15, 0.2) is 12.4 Å². The van der Waals surface area contributed by atoms with Gasteiger partial charge in [-0.25, -0.2) is 0 Å². The van der Waals surface area contributed by atoms with Crippen LogP contribution in [0.1, 0.15) is 25.3 Å². The number of rotatable bonds is 4. The van der Waals surface area contributed by atoms with E-state index < -0.39 is 0 Å². The van der Waals surface area contributed by atoms with E-state index in [0.717, 1.165) is 19.5 Å². The summed E-state index contributed by atoms with van der Waals surface area (Å²) in [5, 5.41) is 4.20. The lowest BCUT2D eigenvalue weighted by molar-refractivity contribution is 0.162. The molecule has 6 heteroatoms. The molecular weight excluding hydrogens is 283 g/mol. The molecule has 0 saturated carbocycles. The molecule has 2 N–H and O–H groups in total. The molecule has 1 saturated heterocycles. The SMILES string of the molecule is CC(N)C1CCCN(CCc2cnn(C)c2)C1.Cl.Cl. The molecule has 0 spiro atoms. The average molecular weight is 309 g/mol. The Bertz CT molecular complexity index is 354. The molecule has 2 atom stereocenters. The van der Waals surface area contributed by atoms with E-state index in [9.17, 15) is 0 Å². The molecule has 2 unspecified atom stereocenters. The fraction of sp³-hybridized carbons (Fsp3) is 0.769. The van der Waals surface area contributed by atoms with Crippen LogP contribution in [0.25, 0.3) is 0 Å². The predicted molar refractivity (Wildman–Crippen MR) is 84.2 cm³/mol. The Labute approximate surface area is 128 Å². The standard InChI is InChI=1S/C13H24N4.2ClH/c1-11(14)13-4-3-6-17(10-13)7-5-12-8-15-16(2)9-12;;/h8-9,11,13H,3-7,10,14H2,1-2H3;2*1H. The number of halogens is 2. The lowest BCUT2D eigenvalue weighted by Crippen LogP contribution is -2.43. The Hall–Kier alpha value is -0.290. The summed E-state index contributed by atoms with van der Waals surface area (Å²) in [6.45, 7) is 5.66. The predicted octanol–water partition coefficient (Wildman–Crippen LogP) is 1.87. The van der Waals surface area contributed by atoms with Crippen molar-refractivity contribution in [2.24, 2.45) is 18.7 Å². The van der Waals surface area contributed by atoms with Crippen LogP contribution in [0.5, 0.6) is 0 Å². The molecule has 19 heavy (non-hydrogen) atoms. The molecule has 2 rings (SSSR count). The molecule has 0 aliphatic carbocycles. The van der Waals surface area contributed by atoms with Crippen molar-refractivity contribution in [2.45, 2.75) is 32.2 Å². The number of aromatic nitrogens is 2. The van der Waals surface area contributed by atoms with Gasteiger partial charge in [0.05, 0.1) is 6.20 Å². The van der Waals surface area contributed by atoms with Crippen LogP contribution in [0.3, 0.4) is 0 Å². The van der Waals surface area contributed by atoms with E-state index in [4.69, 9.17) is 5.73 Å². The molecule has 0 radical (unpaired) electrons. The van der Waals surface area contributed by atoms with Crippen molar-refractivity contribution in [2.75, 3.05) is 19.6 Å². The zero-order chi connectivity index (χ0) is 12.3. The lowest BCUT2D eigenvalue weighted by Gasteiger charge is -2.34. The van der Waals surface area contributed by atoms with Gasteiger partial charge in [0.25, 0.3) is 0 Å². The van der Waals surface area contributed by atoms with Crippen LogP contribution in [-0.2, 0) is 13.5 Å². The maximum Gasteiger partial charge on any atom is 0.0522 e. The van der Waals surface area contributed by atoms with Gasteiger partial charge >= 0.3 is 0 Å². The first-order chi connectivity index (χ1) is 8.15. The van der Waals surface area contributed by atoms with Crippen molar-refractivity contribution in [3.05, 3.63) is 18.0 Å². The minimum absolute atomic E-state index is 0. The molecule has 0 amide bonds. The monoisotopic (exact) mass is 308 g/mol. The normalized spacial score (nSPS) is 21.3. The van der Waals surface area contributed by atoms with Crippen molar-refractivity contribution in [1.82, 2.24) is 14.7 Å². The molecular formula is C13H26Cl2N4. The van der Waals surface area contributed by atoms with Gasteiger partial charge in [-0.2, -0.15) is 5.10 Å². The summed E-state index contributed by atoms with van der Waals surface area (Å²) < 4.78 is 1.87. The van der Waals surface area contributed by atoms with Gasteiger partial charge in [-0.3, -0.25) is 4.68 Å². The Kier molecular flexibility index (Phi) is 8.66. The van der Waals surface area contributed by atoms with Crippen LogP contribution >= 0.6 is 24.8 Å². The summed E-state index contributed by atoms with van der Waals surface area (Å²) in [4.78, 5) is 2.55. The number of aryl methyl sites for hydroxylation is 1. The van der Waals surface area contributed by atoms with E-state index in [1.54, 1.807) is 0 Å². The highest BCUT2D eigenvalue weighted by Gasteiger charge is 2.22. The van der Waals surface area contributed by atoms with Crippen LogP contribution in [-0.4, -0.2) is 40.4 Å². The highest BCUT2D eigenvalue weighted by atomic mass is 35.5.